The van der Waals surface area contributed by atoms with E-state index in [1.807, 2.05) is 0 Å². The molecule has 1 saturated heterocycles. The first kappa shape index (κ1) is 16.7. The zero-order valence-electron chi connectivity index (χ0n) is 12.3. The molecule has 2 aliphatic rings. The first-order chi connectivity index (χ1) is 9.85. The van der Waals surface area contributed by atoms with Crippen LogP contribution in [0.15, 0.2) is 0 Å². The number of aliphatic carboxylic acids is 1. The van der Waals surface area contributed by atoms with E-state index >= 15 is 0 Å². The number of carboxylic acid groups (broad SMARTS) is 1. The van der Waals surface area contributed by atoms with Crippen LogP contribution in [0.1, 0.15) is 44.9 Å². The third kappa shape index (κ3) is 3.39. The highest BCUT2D eigenvalue weighted by atomic mass is 32.2. The van der Waals surface area contributed by atoms with Gasteiger partial charge in [-0.05, 0) is 32.1 Å². The van der Waals surface area contributed by atoms with Gasteiger partial charge < -0.3 is 10.2 Å². The Labute approximate surface area is 125 Å². The molecule has 3 atom stereocenters. The maximum absolute atomic E-state index is 12.7. The molecule has 8 heteroatoms. The van der Waals surface area contributed by atoms with Gasteiger partial charge in [0.15, 0.2) is 0 Å². The lowest BCUT2D eigenvalue weighted by molar-refractivity contribution is -0.142. The third-order valence-corrected chi connectivity index (χ3v) is 6.59. The summed E-state index contributed by atoms with van der Waals surface area (Å²) in [4.78, 5) is 11.3. The SMILES string of the molecule is CN(C1CCCCC1O)S(=O)(=O)N1CCCCC1C(=O)O. The summed E-state index contributed by atoms with van der Waals surface area (Å²) < 4.78 is 27.7. The molecule has 0 aromatic carbocycles. The fourth-order valence-electron chi connectivity index (χ4n) is 3.28. The van der Waals surface area contributed by atoms with Crippen LogP contribution in [0.25, 0.3) is 0 Å². The number of carbonyl (C=O) groups is 1. The van der Waals surface area contributed by atoms with Gasteiger partial charge in [-0.1, -0.05) is 12.8 Å². The minimum Gasteiger partial charge on any atom is -0.480 e. The molecule has 0 radical (unpaired) electrons. The molecule has 2 N–H and O–H groups in total. The Morgan fingerprint density at radius 3 is 2.38 bits per heavy atom. The molecule has 2 rings (SSSR count). The van der Waals surface area contributed by atoms with E-state index in [-0.39, 0.29) is 6.54 Å². The first-order valence-corrected chi connectivity index (χ1v) is 8.91. The lowest BCUT2D eigenvalue weighted by Crippen LogP contribution is -2.56. The Kier molecular flexibility index (Phi) is 5.24. The van der Waals surface area contributed by atoms with Crippen LogP contribution in [0, 0.1) is 0 Å². The predicted octanol–water partition coefficient (Wildman–Crippen LogP) is 0.406. The molecular formula is C13H24N2O5S. The van der Waals surface area contributed by atoms with Crippen LogP contribution in [-0.2, 0) is 15.0 Å². The van der Waals surface area contributed by atoms with Crippen LogP contribution in [0.5, 0.6) is 0 Å². The van der Waals surface area contributed by atoms with E-state index in [9.17, 15) is 23.4 Å². The summed E-state index contributed by atoms with van der Waals surface area (Å²) in [5, 5.41) is 19.3. The molecule has 0 amide bonds. The van der Waals surface area contributed by atoms with E-state index in [0.717, 1.165) is 23.6 Å². The molecule has 1 aliphatic carbocycles. The van der Waals surface area contributed by atoms with Gasteiger partial charge in [0, 0.05) is 13.6 Å². The molecule has 0 spiro atoms. The highest BCUT2D eigenvalue weighted by Crippen LogP contribution is 2.28. The fourth-order valence-corrected chi connectivity index (χ4v) is 5.08. The minimum absolute atomic E-state index is 0.229. The Morgan fingerprint density at radius 1 is 1.14 bits per heavy atom. The summed E-state index contributed by atoms with van der Waals surface area (Å²) >= 11 is 0. The Balaban J connectivity index is 2.20. The molecule has 0 aromatic rings. The summed E-state index contributed by atoms with van der Waals surface area (Å²) in [6.45, 7) is 0.229. The molecule has 7 nitrogen and oxygen atoms in total. The van der Waals surface area contributed by atoms with Crippen LogP contribution in [0.2, 0.25) is 0 Å². The Morgan fingerprint density at radius 2 is 1.76 bits per heavy atom. The van der Waals surface area contributed by atoms with E-state index in [1.165, 1.54) is 11.4 Å². The summed E-state index contributed by atoms with van der Waals surface area (Å²) in [5.41, 5.74) is 0. The second kappa shape index (κ2) is 6.60. The van der Waals surface area contributed by atoms with Crippen molar-refractivity contribution in [3.05, 3.63) is 0 Å². The van der Waals surface area contributed by atoms with Gasteiger partial charge in [-0.15, -0.1) is 0 Å². The van der Waals surface area contributed by atoms with E-state index in [1.54, 1.807) is 0 Å². The van der Waals surface area contributed by atoms with Gasteiger partial charge >= 0.3 is 5.97 Å². The van der Waals surface area contributed by atoms with Crippen LogP contribution in [-0.4, -0.2) is 65.0 Å². The van der Waals surface area contributed by atoms with Crippen molar-refractivity contribution in [2.75, 3.05) is 13.6 Å². The van der Waals surface area contributed by atoms with Gasteiger partial charge in [0.25, 0.3) is 10.2 Å². The molecule has 0 aromatic heterocycles. The smallest absolute Gasteiger partial charge is 0.322 e. The van der Waals surface area contributed by atoms with Crippen LogP contribution in [0.4, 0.5) is 0 Å². The molecule has 122 valence electrons. The lowest BCUT2D eigenvalue weighted by atomic mass is 9.93. The number of aliphatic hydroxyl groups is 1. The molecule has 0 bridgehead atoms. The summed E-state index contributed by atoms with van der Waals surface area (Å²) in [6, 6.07) is -1.45. The van der Waals surface area contributed by atoms with Gasteiger partial charge in [-0.25, -0.2) is 0 Å². The first-order valence-electron chi connectivity index (χ1n) is 7.51. The van der Waals surface area contributed by atoms with Crippen molar-refractivity contribution >= 4 is 16.2 Å². The van der Waals surface area contributed by atoms with Crippen molar-refractivity contribution in [2.45, 2.75) is 63.1 Å². The van der Waals surface area contributed by atoms with Gasteiger partial charge in [-0.3, -0.25) is 4.79 Å². The van der Waals surface area contributed by atoms with Gasteiger partial charge in [-0.2, -0.15) is 17.0 Å². The monoisotopic (exact) mass is 320 g/mol. The summed E-state index contributed by atoms with van der Waals surface area (Å²) in [6.07, 6.45) is 4.04. The average molecular weight is 320 g/mol. The Bertz CT molecular complexity index is 481. The maximum atomic E-state index is 12.7. The van der Waals surface area contributed by atoms with Crippen LogP contribution in [0.3, 0.4) is 0 Å². The quantitative estimate of drug-likeness (QED) is 0.781. The van der Waals surface area contributed by atoms with Crippen molar-refractivity contribution in [3.8, 4) is 0 Å². The average Bonchev–Trinajstić information content (AvgIpc) is 2.47. The number of aliphatic hydroxyl groups excluding tert-OH is 1. The van der Waals surface area contributed by atoms with Crippen molar-refractivity contribution in [1.82, 2.24) is 8.61 Å². The maximum Gasteiger partial charge on any atom is 0.322 e. The number of rotatable bonds is 4. The van der Waals surface area contributed by atoms with Crippen LogP contribution >= 0.6 is 0 Å². The number of hydrogen-bond donors (Lipinski definition) is 2. The number of likely N-dealkylation sites (N-methyl/N-ethyl adjacent to an activating group) is 1. The molecule has 1 heterocycles. The molecule has 1 saturated carbocycles. The second-order valence-corrected chi connectivity index (χ2v) is 7.84. The lowest BCUT2D eigenvalue weighted by Gasteiger charge is -2.40. The number of hydrogen-bond acceptors (Lipinski definition) is 4. The molecule has 1 aliphatic heterocycles. The highest BCUT2D eigenvalue weighted by Gasteiger charge is 2.42. The fraction of sp³-hybridized carbons (Fsp3) is 0.923. The highest BCUT2D eigenvalue weighted by molar-refractivity contribution is 7.86. The van der Waals surface area contributed by atoms with E-state index in [4.69, 9.17) is 0 Å². The number of carboxylic acids is 1. The topological polar surface area (TPSA) is 98.2 Å². The largest absolute Gasteiger partial charge is 0.480 e. The van der Waals surface area contributed by atoms with E-state index in [2.05, 4.69) is 0 Å². The van der Waals surface area contributed by atoms with E-state index in [0.29, 0.717) is 25.7 Å². The van der Waals surface area contributed by atoms with Gasteiger partial charge in [0.2, 0.25) is 0 Å². The number of piperidine rings is 1. The number of nitrogens with zero attached hydrogens (tertiary/aromatic N) is 2. The molecule has 21 heavy (non-hydrogen) atoms. The van der Waals surface area contributed by atoms with Crippen LogP contribution < -0.4 is 0 Å². The second-order valence-electron chi connectivity index (χ2n) is 5.90. The molecular weight excluding hydrogens is 296 g/mol. The zero-order valence-corrected chi connectivity index (χ0v) is 13.1. The molecule has 3 unspecified atom stereocenters. The third-order valence-electron chi connectivity index (χ3n) is 4.56. The van der Waals surface area contributed by atoms with Crippen molar-refractivity contribution < 1.29 is 23.4 Å². The van der Waals surface area contributed by atoms with E-state index < -0.39 is 34.4 Å². The van der Waals surface area contributed by atoms with Gasteiger partial charge in [0.1, 0.15) is 6.04 Å². The normalized spacial score (nSPS) is 32.2. The predicted molar refractivity (Wildman–Crippen MR) is 76.9 cm³/mol. The summed E-state index contributed by atoms with van der Waals surface area (Å²) in [7, 11) is -2.42. The van der Waals surface area contributed by atoms with Crippen molar-refractivity contribution in [1.29, 1.82) is 0 Å². The summed E-state index contributed by atoms with van der Waals surface area (Å²) in [5.74, 6) is -1.10. The van der Waals surface area contributed by atoms with Crippen molar-refractivity contribution in [2.24, 2.45) is 0 Å². The molecule has 2 fully saturated rings. The zero-order chi connectivity index (χ0) is 15.6. The minimum atomic E-state index is -3.86. The van der Waals surface area contributed by atoms with Crippen molar-refractivity contribution in [3.63, 3.8) is 0 Å². The standard InChI is InChI=1S/C13H24N2O5S/c1-14(10-6-2-3-8-12(10)16)21(19,20)15-9-5-4-7-11(15)13(17)18/h10-12,16H,2-9H2,1H3,(H,17,18). The van der Waals surface area contributed by atoms with Gasteiger partial charge in [0.05, 0.1) is 12.1 Å². The Hall–Kier alpha value is -0.700.